The largest absolute Gasteiger partial charge is 0.378 e. The van der Waals surface area contributed by atoms with Crippen LogP contribution in [0.15, 0.2) is 47.0 Å². The molecule has 1 amide bonds. The minimum absolute atomic E-state index is 0.0954. The average Bonchev–Trinajstić information content (AvgIpc) is 3.11. The Labute approximate surface area is 163 Å². The second kappa shape index (κ2) is 8.22. The lowest BCUT2D eigenvalue weighted by Gasteiger charge is -2.15. The zero-order chi connectivity index (χ0) is 19.4. The van der Waals surface area contributed by atoms with Gasteiger partial charge in [0.2, 0.25) is 17.6 Å². The van der Waals surface area contributed by atoms with Gasteiger partial charge in [0.25, 0.3) is 0 Å². The van der Waals surface area contributed by atoms with E-state index in [0.717, 1.165) is 22.5 Å². The van der Waals surface area contributed by atoms with Crippen LogP contribution in [0, 0.1) is 6.92 Å². The van der Waals surface area contributed by atoms with Gasteiger partial charge in [-0.3, -0.25) is 4.79 Å². The van der Waals surface area contributed by atoms with Gasteiger partial charge < -0.3 is 14.7 Å². The Hall–Kier alpha value is -2.86. The Morgan fingerprint density at radius 2 is 1.93 bits per heavy atom. The summed E-state index contributed by atoms with van der Waals surface area (Å²) in [7, 11) is 3.96. The smallest absolute Gasteiger partial charge is 0.227 e. The number of benzene rings is 2. The van der Waals surface area contributed by atoms with E-state index in [9.17, 15) is 4.79 Å². The third-order valence-electron chi connectivity index (χ3n) is 4.14. The van der Waals surface area contributed by atoms with E-state index in [1.807, 2.05) is 56.3 Å². The molecule has 0 aliphatic heterocycles. The summed E-state index contributed by atoms with van der Waals surface area (Å²) in [5, 5.41) is 7.53. The zero-order valence-electron chi connectivity index (χ0n) is 15.5. The first-order chi connectivity index (χ1) is 12.9. The molecule has 0 aliphatic carbocycles. The number of aromatic nitrogens is 2. The normalized spacial score (nSPS) is 10.7. The minimum Gasteiger partial charge on any atom is -0.378 e. The number of rotatable bonds is 6. The van der Waals surface area contributed by atoms with Gasteiger partial charge in [0.05, 0.1) is 0 Å². The first-order valence-electron chi connectivity index (χ1n) is 8.59. The Bertz CT molecular complexity index is 935. The number of nitrogens with zero attached hydrogens (tertiary/aromatic N) is 3. The van der Waals surface area contributed by atoms with Crippen LogP contribution in [-0.2, 0) is 11.2 Å². The number of halogens is 1. The van der Waals surface area contributed by atoms with Crippen molar-refractivity contribution >= 4 is 28.9 Å². The molecule has 140 valence electrons. The molecule has 0 saturated carbocycles. The summed E-state index contributed by atoms with van der Waals surface area (Å²) < 4.78 is 5.24. The van der Waals surface area contributed by atoms with Crippen LogP contribution in [-0.4, -0.2) is 30.1 Å². The lowest BCUT2D eigenvalue weighted by molar-refractivity contribution is -0.116. The number of carbonyl (C=O) groups is 1. The molecule has 0 unspecified atom stereocenters. The maximum absolute atomic E-state index is 12.2. The number of hydrogen-bond donors (Lipinski definition) is 1. The van der Waals surface area contributed by atoms with Crippen LogP contribution in [0.4, 0.5) is 11.4 Å². The van der Waals surface area contributed by atoms with Crippen molar-refractivity contribution in [2.75, 3.05) is 24.3 Å². The van der Waals surface area contributed by atoms with Crippen molar-refractivity contribution in [3.05, 3.63) is 58.9 Å². The third-order valence-corrected chi connectivity index (χ3v) is 4.39. The van der Waals surface area contributed by atoms with Gasteiger partial charge in [-0.2, -0.15) is 4.98 Å². The molecule has 1 N–H and O–H groups in total. The highest BCUT2D eigenvalue weighted by Gasteiger charge is 2.12. The summed E-state index contributed by atoms with van der Waals surface area (Å²) in [6.07, 6.45) is 0.637. The van der Waals surface area contributed by atoms with Gasteiger partial charge in [0, 0.05) is 48.9 Å². The summed E-state index contributed by atoms with van der Waals surface area (Å²) >= 11 is 5.88. The van der Waals surface area contributed by atoms with Gasteiger partial charge in [-0.05, 0) is 55.0 Å². The molecule has 0 aliphatic rings. The maximum Gasteiger partial charge on any atom is 0.227 e. The highest BCUT2D eigenvalue weighted by molar-refractivity contribution is 6.30. The van der Waals surface area contributed by atoms with E-state index in [0.29, 0.717) is 23.2 Å². The molecule has 0 bridgehead atoms. The molecule has 2 aromatic carbocycles. The lowest BCUT2D eigenvalue weighted by Crippen LogP contribution is -2.14. The number of anilines is 2. The van der Waals surface area contributed by atoms with Crippen molar-refractivity contribution in [2.45, 2.75) is 19.8 Å². The van der Waals surface area contributed by atoms with Crippen LogP contribution in [0.1, 0.15) is 17.9 Å². The molecule has 0 fully saturated rings. The SMILES string of the molecule is Cc1cc(N(C)C)ccc1NC(=O)CCc1nc(-c2ccc(Cl)cc2)no1. The Morgan fingerprint density at radius 1 is 1.19 bits per heavy atom. The number of amides is 1. The van der Waals surface area contributed by atoms with Gasteiger partial charge in [-0.1, -0.05) is 16.8 Å². The molecular weight excluding hydrogens is 364 g/mol. The van der Waals surface area contributed by atoms with E-state index in [2.05, 4.69) is 15.5 Å². The van der Waals surface area contributed by atoms with Gasteiger partial charge in [0.15, 0.2) is 0 Å². The van der Waals surface area contributed by atoms with Crippen LogP contribution >= 0.6 is 11.6 Å². The van der Waals surface area contributed by atoms with Gasteiger partial charge in [-0.25, -0.2) is 0 Å². The molecule has 3 aromatic rings. The quantitative estimate of drug-likeness (QED) is 0.684. The van der Waals surface area contributed by atoms with E-state index >= 15 is 0 Å². The first kappa shape index (κ1) is 18.9. The Morgan fingerprint density at radius 3 is 2.59 bits per heavy atom. The molecule has 0 saturated heterocycles. The number of nitrogens with one attached hydrogen (secondary N) is 1. The standard InChI is InChI=1S/C20H21ClN4O2/c1-13-12-16(25(2)3)8-9-17(13)22-18(26)10-11-19-23-20(24-27-19)14-4-6-15(21)7-5-14/h4-9,12H,10-11H2,1-3H3,(H,22,26). The van der Waals surface area contributed by atoms with Crippen LogP contribution in [0.3, 0.4) is 0 Å². The summed E-state index contributed by atoms with van der Waals surface area (Å²) in [5.41, 5.74) is 3.72. The summed E-state index contributed by atoms with van der Waals surface area (Å²) in [6, 6.07) is 13.1. The number of carbonyl (C=O) groups excluding carboxylic acids is 1. The molecule has 3 rings (SSSR count). The van der Waals surface area contributed by atoms with Crippen molar-refractivity contribution in [1.29, 1.82) is 0 Å². The topological polar surface area (TPSA) is 71.3 Å². The van der Waals surface area contributed by atoms with Crippen molar-refractivity contribution in [1.82, 2.24) is 10.1 Å². The predicted octanol–water partition coefficient (Wildman–Crippen LogP) is 4.34. The minimum atomic E-state index is -0.0954. The van der Waals surface area contributed by atoms with E-state index in [1.165, 1.54) is 0 Å². The molecule has 0 radical (unpaired) electrons. The molecular formula is C20H21ClN4O2. The van der Waals surface area contributed by atoms with Crippen molar-refractivity contribution in [2.24, 2.45) is 0 Å². The Balaban J connectivity index is 1.57. The van der Waals surface area contributed by atoms with Gasteiger partial charge >= 0.3 is 0 Å². The monoisotopic (exact) mass is 384 g/mol. The van der Waals surface area contributed by atoms with Crippen molar-refractivity contribution in [3.63, 3.8) is 0 Å². The third kappa shape index (κ3) is 4.86. The second-order valence-corrected chi connectivity index (χ2v) is 6.90. The average molecular weight is 385 g/mol. The molecule has 1 heterocycles. The maximum atomic E-state index is 12.2. The highest BCUT2D eigenvalue weighted by atomic mass is 35.5. The fourth-order valence-corrected chi connectivity index (χ4v) is 2.70. The van der Waals surface area contributed by atoms with Gasteiger partial charge in [-0.15, -0.1) is 0 Å². The molecule has 0 atom stereocenters. The zero-order valence-corrected chi connectivity index (χ0v) is 16.2. The van der Waals surface area contributed by atoms with Crippen molar-refractivity contribution < 1.29 is 9.32 Å². The highest BCUT2D eigenvalue weighted by Crippen LogP contribution is 2.22. The van der Waals surface area contributed by atoms with Gasteiger partial charge in [0.1, 0.15) is 0 Å². The van der Waals surface area contributed by atoms with E-state index in [-0.39, 0.29) is 12.3 Å². The van der Waals surface area contributed by atoms with E-state index in [1.54, 1.807) is 12.1 Å². The molecule has 6 nitrogen and oxygen atoms in total. The van der Waals surface area contributed by atoms with Crippen LogP contribution < -0.4 is 10.2 Å². The number of aryl methyl sites for hydroxylation is 2. The van der Waals surface area contributed by atoms with Crippen LogP contribution in [0.5, 0.6) is 0 Å². The summed E-state index contributed by atoms with van der Waals surface area (Å²) in [5.74, 6) is 0.814. The molecule has 0 spiro atoms. The summed E-state index contributed by atoms with van der Waals surface area (Å²) in [4.78, 5) is 18.6. The molecule has 27 heavy (non-hydrogen) atoms. The van der Waals surface area contributed by atoms with Crippen molar-refractivity contribution in [3.8, 4) is 11.4 Å². The lowest BCUT2D eigenvalue weighted by atomic mass is 10.1. The van der Waals surface area contributed by atoms with E-state index < -0.39 is 0 Å². The second-order valence-electron chi connectivity index (χ2n) is 6.46. The predicted molar refractivity (Wildman–Crippen MR) is 107 cm³/mol. The fourth-order valence-electron chi connectivity index (χ4n) is 2.57. The first-order valence-corrected chi connectivity index (χ1v) is 8.96. The molecule has 7 heteroatoms. The number of hydrogen-bond acceptors (Lipinski definition) is 5. The van der Waals surface area contributed by atoms with E-state index in [4.69, 9.17) is 16.1 Å². The Kier molecular flexibility index (Phi) is 5.76. The molecule has 1 aromatic heterocycles. The van der Waals surface area contributed by atoms with Crippen LogP contribution in [0.2, 0.25) is 5.02 Å². The fraction of sp³-hybridized carbons (Fsp3) is 0.250. The summed E-state index contributed by atoms with van der Waals surface area (Å²) in [6.45, 7) is 1.97. The van der Waals surface area contributed by atoms with Crippen LogP contribution in [0.25, 0.3) is 11.4 Å².